The van der Waals surface area contributed by atoms with Gasteiger partial charge in [0, 0.05) is 47.8 Å². The molecule has 0 fully saturated rings. The Morgan fingerprint density at radius 3 is 1.77 bits per heavy atom. The molecule has 4 aromatic heterocycles. The number of oxazole rings is 1. The summed E-state index contributed by atoms with van der Waals surface area (Å²) >= 11 is 1.83. The molecule has 57 heavy (non-hydrogen) atoms. The molecular formula is C50H28N4O2S. The van der Waals surface area contributed by atoms with E-state index in [1.54, 1.807) is 0 Å². The van der Waals surface area contributed by atoms with Crippen LogP contribution in [-0.4, -0.2) is 19.9 Å². The molecule has 0 spiro atoms. The lowest BCUT2D eigenvalue weighted by atomic mass is 10.00. The summed E-state index contributed by atoms with van der Waals surface area (Å²) in [6, 6.07) is 58.3. The molecule has 4 heterocycles. The lowest BCUT2D eigenvalue weighted by Gasteiger charge is -2.10. The maximum absolute atomic E-state index is 6.45. The van der Waals surface area contributed by atoms with Crippen molar-refractivity contribution in [3.8, 4) is 56.7 Å². The number of hydrogen-bond acceptors (Lipinski definition) is 7. The molecule has 6 nitrogen and oxygen atoms in total. The molecule has 0 radical (unpaired) electrons. The minimum absolute atomic E-state index is 0.573. The SMILES string of the molecule is c1ccc(-c2nc(-c3cccc(-c4ccc5sc6ccccc6c5c4)c3)nc(-c3ccc4ccc5oc6ccc7oc(-c8ccccc8)nc7c6c5c4c3)n2)cc1. The number of fused-ring (bicyclic) bond motifs is 10. The number of hydrogen-bond donors (Lipinski definition) is 0. The van der Waals surface area contributed by atoms with Crippen LogP contribution >= 0.6 is 11.3 Å². The number of furan rings is 1. The highest BCUT2D eigenvalue weighted by Gasteiger charge is 2.20. The molecule has 12 rings (SSSR count). The smallest absolute Gasteiger partial charge is 0.227 e. The van der Waals surface area contributed by atoms with Crippen LogP contribution in [0.25, 0.3) is 121 Å². The van der Waals surface area contributed by atoms with Gasteiger partial charge < -0.3 is 8.83 Å². The molecule has 0 atom stereocenters. The fourth-order valence-corrected chi connectivity index (χ4v) is 9.09. The molecule has 8 aromatic carbocycles. The second-order valence-corrected chi connectivity index (χ2v) is 15.3. The van der Waals surface area contributed by atoms with E-state index >= 15 is 0 Å². The minimum Gasteiger partial charge on any atom is -0.456 e. The largest absolute Gasteiger partial charge is 0.456 e. The van der Waals surface area contributed by atoms with E-state index < -0.39 is 0 Å². The highest BCUT2D eigenvalue weighted by atomic mass is 32.1. The molecule has 0 unspecified atom stereocenters. The third-order valence-electron chi connectivity index (χ3n) is 10.8. The van der Waals surface area contributed by atoms with Gasteiger partial charge in [0.1, 0.15) is 16.7 Å². The average molecular weight is 749 g/mol. The predicted molar refractivity (Wildman–Crippen MR) is 232 cm³/mol. The maximum atomic E-state index is 6.45. The van der Waals surface area contributed by atoms with E-state index in [1.165, 1.54) is 20.2 Å². The van der Waals surface area contributed by atoms with Crippen LogP contribution in [0.4, 0.5) is 0 Å². The van der Waals surface area contributed by atoms with Crippen molar-refractivity contribution in [2.45, 2.75) is 0 Å². The van der Waals surface area contributed by atoms with Gasteiger partial charge in [-0.25, -0.2) is 19.9 Å². The maximum Gasteiger partial charge on any atom is 0.227 e. The van der Waals surface area contributed by atoms with Crippen molar-refractivity contribution in [1.82, 2.24) is 19.9 Å². The van der Waals surface area contributed by atoms with Crippen molar-refractivity contribution in [3.63, 3.8) is 0 Å². The Balaban J connectivity index is 1.03. The Hall–Kier alpha value is -7.48. The van der Waals surface area contributed by atoms with Crippen molar-refractivity contribution in [2.75, 3.05) is 0 Å². The lowest BCUT2D eigenvalue weighted by Crippen LogP contribution is -2.00. The monoisotopic (exact) mass is 748 g/mol. The summed E-state index contributed by atoms with van der Waals surface area (Å²) in [4.78, 5) is 20.3. The van der Waals surface area contributed by atoms with E-state index in [1.807, 2.05) is 90.2 Å². The Bertz CT molecular complexity index is 3530. The van der Waals surface area contributed by atoms with Crippen molar-refractivity contribution in [3.05, 3.63) is 170 Å². The van der Waals surface area contributed by atoms with Gasteiger partial charge in [-0.05, 0) is 82.6 Å². The fraction of sp³-hybridized carbons (Fsp3) is 0. The fourth-order valence-electron chi connectivity index (χ4n) is 8.00. The molecule has 0 aliphatic carbocycles. The van der Waals surface area contributed by atoms with E-state index in [0.29, 0.717) is 28.9 Å². The molecule has 12 aromatic rings. The second kappa shape index (κ2) is 12.5. The van der Waals surface area contributed by atoms with Gasteiger partial charge in [0.15, 0.2) is 23.1 Å². The lowest BCUT2D eigenvalue weighted by molar-refractivity contribution is 0.619. The number of rotatable bonds is 5. The van der Waals surface area contributed by atoms with Crippen LogP contribution in [0.15, 0.2) is 179 Å². The zero-order valence-corrected chi connectivity index (χ0v) is 31.0. The third kappa shape index (κ3) is 5.24. The topological polar surface area (TPSA) is 77.8 Å². The van der Waals surface area contributed by atoms with Gasteiger partial charge in [0.2, 0.25) is 5.89 Å². The third-order valence-corrected chi connectivity index (χ3v) is 11.9. The molecule has 7 heteroatoms. The summed E-state index contributed by atoms with van der Waals surface area (Å²) in [7, 11) is 0. The number of aromatic nitrogens is 4. The molecule has 0 N–H and O–H groups in total. The normalized spacial score (nSPS) is 11.9. The van der Waals surface area contributed by atoms with Crippen molar-refractivity contribution in [1.29, 1.82) is 0 Å². The zero-order chi connectivity index (χ0) is 37.5. The first-order chi connectivity index (χ1) is 28.2. The van der Waals surface area contributed by atoms with Crippen LogP contribution in [0.1, 0.15) is 0 Å². The van der Waals surface area contributed by atoms with Gasteiger partial charge in [-0.15, -0.1) is 11.3 Å². The predicted octanol–water partition coefficient (Wildman–Crippen LogP) is 13.8. The average Bonchev–Trinajstić information content (AvgIpc) is 4.00. The summed E-state index contributed by atoms with van der Waals surface area (Å²) < 4.78 is 15.3. The van der Waals surface area contributed by atoms with Crippen LogP contribution in [0.5, 0.6) is 0 Å². The standard InChI is InChI=1S/C50H28N4O2S/c1-3-10-30(11-4-1)47-52-48(34-15-9-14-32(26-34)33-21-25-43-38(27-33)36-16-7-8-17-42(36)57-43)54-49(53-47)35-19-18-29-20-22-39-44(37(29)28-35)45-40(55-39)23-24-41-46(45)51-50(56-41)31-12-5-2-6-13-31/h1-28H. The van der Waals surface area contributed by atoms with Crippen molar-refractivity contribution < 1.29 is 8.83 Å². The molecule has 0 saturated carbocycles. The van der Waals surface area contributed by atoms with Gasteiger partial charge in [-0.2, -0.15) is 0 Å². The Morgan fingerprint density at radius 2 is 0.930 bits per heavy atom. The van der Waals surface area contributed by atoms with E-state index in [4.69, 9.17) is 28.8 Å². The number of thiophene rings is 1. The molecule has 266 valence electrons. The number of nitrogens with zero attached hydrogens (tertiary/aromatic N) is 4. The Labute approximate surface area is 329 Å². The quantitative estimate of drug-likeness (QED) is 0.174. The van der Waals surface area contributed by atoms with Gasteiger partial charge >= 0.3 is 0 Å². The van der Waals surface area contributed by atoms with Crippen LogP contribution in [0, 0.1) is 0 Å². The molecule has 0 amide bonds. The highest BCUT2D eigenvalue weighted by Crippen LogP contribution is 2.41. The second-order valence-electron chi connectivity index (χ2n) is 14.2. The molecule has 0 saturated heterocycles. The first-order valence-corrected chi connectivity index (χ1v) is 19.6. The summed E-state index contributed by atoms with van der Waals surface area (Å²) in [5.41, 5.74) is 8.87. The number of benzene rings is 8. The first kappa shape index (κ1) is 31.8. The van der Waals surface area contributed by atoms with Gasteiger partial charge in [0.25, 0.3) is 0 Å². The van der Waals surface area contributed by atoms with E-state index in [-0.39, 0.29) is 0 Å². The van der Waals surface area contributed by atoms with Crippen molar-refractivity contribution in [2.24, 2.45) is 0 Å². The summed E-state index contributed by atoms with van der Waals surface area (Å²) in [5.74, 6) is 2.37. The first-order valence-electron chi connectivity index (χ1n) is 18.8. The summed E-state index contributed by atoms with van der Waals surface area (Å²) in [5, 5.41) is 6.53. The van der Waals surface area contributed by atoms with Gasteiger partial charge in [0.05, 0.1) is 5.39 Å². The summed E-state index contributed by atoms with van der Waals surface area (Å²) in [6.45, 7) is 0. The Kier molecular flexibility index (Phi) is 7.00. The van der Waals surface area contributed by atoms with Gasteiger partial charge in [-0.3, -0.25) is 0 Å². The molecule has 0 bridgehead atoms. The molecule has 0 aliphatic rings. The van der Waals surface area contributed by atoms with Crippen LogP contribution in [-0.2, 0) is 0 Å². The highest BCUT2D eigenvalue weighted by molar-refractivity contribution is 7.25. The molecule has 0 aliphatic heterocycles. The van der Waals surface area contributed by atoms with Crippen LogP contribution in [0.3, 0.4) is 0 Å². The van der Waals surface area contributed by atoms with E-state index in [0.717, 1.165) is 71.6 Å². The van der Waals surface area contributed by atoms with Crippen LogP contribution < -0.4 is 0 Å². The molecular weight excluding hydrogens is 721 g/mol. The van der Waals surface area contributed by atoms with Gasteiger partial charge in [-0.1, -0.05) is 109 Å². The van der Waals surface area contributed by atoms with E-state index in [9.17, 15) is 0 Å². The van der Waals surface area contributed by atoms with E-state index in [2.05, 4.69) is 91.0 Å². The zero-order valence-electron chi connectivity index (χ0n) is 30.2. The Morgan fingerprint density at radius 1 is 0.351 bits per heavy atom. The summed E-state index contributed by atoms with van der Waals surface area (Å²) in [6.07, 6.45) is 0. The van der Waals surface area contributed by atoms with Crippen molar-refractivity contribution >= 4 is 75.3 Å². The van der Waals surface area contributed by atoms with Crippen LogP contribution in [0.2, 0.25) is 0 Å². The minimum atomic E-state index is 0.573.